The normalized spacial score (nSPS) is 12.4. The van der Waals surface area contributed by atoms with Crippen molar-refractivity contribution in [1.29, 1.82) is 0 Å². The fourth-order valence-corrected chi connectivity index (χ4v) is 2.15. The van der Waals surface area contributed by atoms with Gasteiger partial charge in [-0.15, -0.1) is 0 Å². The molecule has 1 unspecified atom stereocenters. The fraction of sp³-hybridized carbons (Fsp3) is 0.400. The van der Waals surface area contributed by atoms with Crippen molar-refractivity contribution in [3.8, 4) is 5.75 Å². The molecule has 0 saturated carbocycles. The number of benzene rings is 1. The predicted molar refractivity (Wildman–Crippen MR) is 74.2 cm³/mol. The Morgan fingerprint density at radius 2 is 2.16 bits per heavy atom. The molecule has 1 aromatic heterocycles. The van der Waals surface area contributed by atoms with Crippen molar-refractivity contribution in [2.24, 2.45) is 7.05 Å². The molecule has 1 aromatic carbocycles. The highest BCUT2D eigenvalue weighted by Crippen LogP contribution is 2.22. The second-order valence-corrected chi connectivity index (χ2v) is 4.63. The Hall–Kier alpha value is -1.81. The lowest BCUT2D eigenvalue weighted by Gasteiger charge is -2.12. The number of aromatic nitrogens is 2. The zero-order valence-electron chi connectivity index (χ0n) is 11.6. The topological polar surface area (TPSA) is 47.3 Å². The van der Waals surface area contributed by atoms with Crippen molar-refractivity contribution in [1.82, 2.24) is 9.78 Å². The predicted octanol–water partition coefficient (Wildman–Crippen LogP) is 2.40. The molecule has 19 heavy (non-hydrogen) atoms. The van der Waals surface area contributed by atoms with Crippen LogP contribution in [0.2, 0.25) is 0 Å². The van der Waals surface area contributed by atoms with Crippen LogP contribution in [0, 0.1) is 6.92 Å². The van der Waals surface area contributed by atoms with Crippen LogP contribution in [-0.4, -0.2) is 21.5 Å². The van der Waals surface area contributed by atoms with Crippen molar-refractivity contribution in [2.75, 3.05) is 6.61 Å². The summed E-state index contributed by atoms with van der Waals surface area (Å²) < 4.78 is 7.26. The molecule has 2 rings (SSSR count). The Morgan fingerprint density at radius 3 is 2.79 bits per heavy atom. The molecule has 0 amide bonds. The highest BCUT2D eigenvalue weighted by atomic mass is 16.5. The Bertz CT molecular complexity index is 549. The Balaban J connectivity index is 2.13. The van der Waals surface area contributed by atoms with Crippen molar-refractivity contribution >= 4 is 0 Å². The molecule has 0 aliphatic carbocycles. The van der Waals surface area contributed by atoms with E-state index in [1.807, 2.05) is 55.9 Å². The molecule has 0 bridgehead atoms. The first-order chi connectivity index (χ1) is 9.10. The van der Waals surface area contributed by atoms with Crippen LogP contribution in [-0.2, 0) is 13.5 Å². The SMILES string of the molecule is CCOc1cccc(C(O)Cc2cc(C)nn2C)c1. The molecule has 0 radical (unpaired) electrons. The van der Waals surface area contributed by atoms with Crippen LogP contribution < -0.4 is 4.74 Å². The van der Waals surface area contributed by atoms with Gasteiger partial charge in [-0.2, -0.15) is 5.10 Å². The van der Waals surface area contributed by atoms with Gasteiger partial charge in [-0.05, 0) is 37.6 Å². The second-order valence-electron chi connectivity index (χ2n) is 4.63. The summed E-state index contributed by atoms with van der Waals surface area (Å²) in [6.07, 6.45) is 0.00242. The lowest BCUT2D eigenvalue weighted by molar-refractivity contribution is 0.175. The number of aliphatic hydroxyl groups is 1. The smallest absolute Gasteiger partial charge is 0.119 e. The summed E-state index contributed by atoms with van der Waals surface area (Å²) >= 11 is 0. The van der Waals surface area contributed by atoms with Gasteiger partial charge in [0.25, 0.3) is 0 Å². The molecule has 0 fully saturated rings. The lowest BCUT2D eigenvalue weighted by Crippen LogP contribution is -2.06. The van der Waals surface area contributed by atoms with E-state index >= 15 is 0 Å². The Labute approximate surface area is 113 Å². The van der Waals surface area contributed by atoms with Gasteiger partial charge in [0, 0.05) is 19.2 Å². The highest BCUT2D eigenvalue weighted by molar-refractivity contribution is 5.30. The van der Waals surface area contributed by atoms with E-state index in [0.29, 0.717) is 13.0 Å². The third-order valence-corrected chi connectivity index (χ3v) is 3.06. The van der Waals surface area contributed by atoms with Crippen molar-refractivity contribution in [3.63, 3.8) is 0 Å². The van der Waals surface area contributed by atoms with Gasteiger partial charge in [0.2, 0.25) is 0 Å². The van der Waals surface area contributed by atoms with E-state index in [9.17, 15) is 5.11 Å². The number of ether oxygens (including phenoxy) is 1. The first kappa shape index (κ1) is 13.6. The summed E-state index contributed by atoms with van der Waals surface area (Å²) in [6, 6.07) is 9.59. The molecule has 0 aliphatic heterocycles. The fourth-order valence-electron chi connectivity index (χ4n) is 2.15. The van der Waals surface area contributed by atoms with E-state index in [0.717, 1.165) is 22.7 Å². The molecule has 1 heterocycles. The van der Waals surface area contributed by atoms with Gasteiger partial charge in [0.15, 0.2) is 0 Å². The van der Waals surface area contributed by atoms with Gasteiger partial charge in [0.05, 0.1) is 18.4 Å². The molecule has 0 saturated heterocycles. The number of aliphatic hydroxyl groups excluding tert-OH is 1. The summed E-state index contributed by atoms with van der Waals surface area (Å²) in [5, 5.41) is 14.6. The van der Waals surface area contributed by atoms with E-state index in [1.165, 1.54) is 0 Å². The van der Waals surface area contributed by atoms with Gasteiger partial charge < -0.3 is 9.84 Å². The molecule has 0 aliphatic rings. The summed E-state index contributed by atoms with van der Waals surface area (Å²) in [6.45, 7) is 4.52. The van der Waals surface area contributed by atoms with Gasteiger partial charge in [-0.1, -0.05) is 12.1 Å². The van der Waals surface area contributed by atoms with E-state index in [4.69, 9.17) is 4.74 Å². The summed E-state index contributed by atoms with van der Waals surface area (Å²) in [7, 11) is 1.89. The van der Waals surface area contributed by atoms with Crippen LogP contribution in [0.3, 0.4) is 0 Å². The standard InChI is InChI=1S/C15H20N2O2/c1-4-19-14-7-5-6-12(9-14)15(18)10-13-8-11(2)16-17(13)3/h5-9,15,18H,4,10H2,1-3H3. The molecule has 1 atom stereocenters. The average Bonchev–Trinajstić information content (AvgIpc) is 2.68. The van der Waals surface area contributed by atoms with Crippen LogP contribution in [0.5, 0.6) is 5.75 Å². The van der Waals surface area contributed by atoms with Crippen LogP contribution >= 0.6 is 0 Å². The van der Waals surface area contributed by atoms with Crippen LogP contribution in [0.25, 0.3) is 0 Å². The largest absolute Gasteiger partial charge is 0.494 e. The van der Waals surface area contributed by atoms with Crippen molar-refractivity contribution in [3.05, 3.63) is 47.3 Å². The summed E-state index contributed by atoms with van der Waals surface area (Å²) in [5.74, 6) is 0.792. The molecule has 2 aromatic rings. The average molecular weight is 260 g/mol. The van der Waals surface area contributed by atoms with Crippen LogP contribution in [0.4, 0.5) is 0 Å². The van der Waals surface area contributed by atoms with Crippen LogP contribution in [0.1, 0.15) is 30.0 Å². The maximum atomic E-state index is 10.3. The number of rotatable bonds is 5. The minimum Gasteiger partial charge on any atom is -0.494 e. The van der Waals surface area contributed by atoms with E-state index in [-0.39, 0.29) is 0 Å². The summed E-state index contributed by atoms with van der Waals surface area (Å²) in [4.78, 5) is 0. The maximum Gasteiger partial charge on any atom is 0.119 e. The van der Waals surface area contributed by atoms with Gasteiger partial charge >= 0.3 is 0 Å². The second kappa shape index (κ2) is 5.89. The Kier molecular flexibility index (Phi) is 4.22. The molecule has 0 spiro atoms. The minimum atomic E-state index is -0.546. The van der Waals surface area contributed by atoms with E-state index < -0.39 is 6.10 Å². The molecule has 4 heteroatoms. The zero-order chi connectivity index (χ0) is 13.8. The third kappa shape index (κ3) is 3.35. The van der Waals surface area contributed by atoms with Crippen molar-refractivity contribution in [2.45, 2.75) is 26.4 Å². The molecular weight excluding hydrogens is 240 g/mol. The molecule has 1 N–H and O–H groups in total. The van der Waals surface area contributed by atoms with Gasteiger partial charge in [0.1, 0.15) is 5.75 Å². The number of nitrogens with zero attached hydrogens (tertiary/aromatic N) is 2. The monoisotopic (exact) mass is 260 g/mol. The molecule has 102 valence electrons. The Morgan fingerprint density at radius 1 is 1.37 bits per heavy atom. The summed E-state index contributed by atoms with van der Waals surface area (Å²) in [5.41, 5.74) is 2.85. The highest BCUT2D eigenvalue weighted by Gasteiger charge is 2.12. The minimum absolute atomic E-state index is 0.546. The third-order valence-electron chi connectivity index (χ3n) is 3.06. The zero-order valence-corrected chi connectivity index (χ0v) is 11.6. The maximum absolute atomic E-state index is 10.3. The number of hydrogen-bond acceptors (Lipinski definition) is 3. The quantitative estimate of drug-likeness (QED) is 0.898. The van der Waals surface area contributed by atoms with Gasteiger partial charge in [-0.3, -0.25) is 4.68 Å². The number of hydrogen-bond donors (Lipinski definition) is 1. The number of aryl methyl sites for hydroxylation is 2. The lowest BCUT2D eigenvalue weighted by atomic mass is 10.0. The van der Waals surface area contributed by atoms with Crippen molar-refractivity contribution < 1.29 is 9.84 Å². The molecule has 4 nitrogen and oxygen atoms in total. The first-order valence-electron chi connectivity index (χ1n) is 6.50. The first-order valence-corrected chi connectivity index (χ1v) is 6.50. The van der Waals surface area contributed by atoms with Crippen LogP contribution in [0.15, 0.2) is 30.3 Å². The van der Waals surface area contributed by atoms with E-state index in [2.05, 4.69) is 5.10 Å². The van der Waals surface area contributed by atoms with Gasteiger partial charge in [-0.25, -0.2) is 0 Å². The van der Waals surface area contributed by atoms with E-state index in [1.54, 1.807) is 0 Å². The molecular formula is C15H20N2O2.